The SMILES string of the molecule is CC(C)(C)OC(=O)NCC#Cc1c[nH]c2cc(C#N)ccc12. The topological polar surface area (TPSA) is 77.9 Å². The van der Waals surface area contributed by atoms with E-state index in [1.54, 1.807) is 39.1 Å². The summed E-state index contributed by atoms with van der Waals surface area (Å²) in [6, 6.07) is 7.48. The zero-order valence-electron chi connectivity index (χ0n) is 12.8. The molecule has 0 unspecified atom stereocenters. The molecule has 0 fully saturated rings. The summed E-state index contributed by atoms with van der Waals surface area (Å²) < 4.78 is 5.12. The van der Waals surface area contributed by atoms with Gasteiger partial charge in [-0.1, -0.05) is 17.9 Å². The third-order valence-corrected chi connectivity index (χ3v) is 2.75. The van der Waals surface area contributed by atoms with Crippen LogP contribution in [0.5, 0.6) is 0 Å². The predicted octanol–water partition coefficient (Wildman–Crippen LogP) is 2.92. The first kappa shape index (κ1) is 15.5. The van der Waals surface area contributed by atoms with Crippen molar-refractivity contribution in [2.75, 3.05) is 6.54 Å². The van der Waals surface area contributed by atoms with Crippen molar-refractivity contribution >= 4 is 17.0 Å². The minimum absolute atomic E-state index is 0.206. The van der Waals surface area contributed by atoms with Gasteiger partial charge in [-0.05, 0) is 32.9 Å². The maximum Gasteiger partial charge on any atom is 0.408 e. The quantitative estimate of drug-likeness (QED) is 0.794. The molecule has 0 saturated heterocycles. The fraction of sp³-hybridized carbons (Fsp3) is 0.294. The molecule has 5 nitrogen and oxygen atoms in total. The number of hydrogen-bond donors (Lipinski definition) is 2. The summed E-state index contributed by atoms with van der Waals surface area (Å²) in [4.78, 5) is 14.5. The maximum absolute atomic E-state index is 11.5. The lowest BCUT2D eigenvalue weighted by Crippen LogP contribution is -2.32. The molecule has 2 aromatic rings. The number of aromatic nitrogens is 1. The van der Waals surface area contributed by atoms with Crippen LogP contribution in [0, 0.1) is 23.2 Å². The Kier molecular flexibility index (Phi) is 4.39. The number of aromatic amines is 1. The Labute approximate surface area is 129 Å². The number of nitriles is 1. The number of rotatable bonds is 1. The Morgan fingerprint density at radius 1 is 1.41 bits per heavy atom. The second kappa shape index (κ2) is 6.24. The first-order valence-electron chi connectivity index (χ1n) is 6.86. The van der Waals surface area contributed by atoms with Crippen molar-refractivity contribution in [3.63, 3.8) is 0 Å². The van der Waals surface area contributed by atoms with E-state index in [1.807, 2.05) is 6.07 Å². The molecule has 0 aliphatic rings. The third kappa shape index (κ3) is 4.04. The molecule has 5 heteroatoms. The van der Waals surface area contributed by atoms with E-state index in [1.165, 1.54) is 0 Å². The van der Waals surface area contributed by atoms with E-state index in [2.05, 4.69) is 28.2 Å². The molecule has 0 atom stereocenters. The van der Waals surface area contributed by atoms with Crippen LogP contribution in [0.25, 0.3) is 10.9 Å². The van der Waals surface area contributed by atoms with Crippen LogP contribution in [0.1, 0.15) is 31.9 Å². The fourth-order valence-electron chi connectivity index (χ4n) is 1.87. The monoisotopic (exact) mass is 295 g/mol. The largest absolute Gasteiger partial charge is 0.444 e. The first-order valence-corrected chi connectivity index (χ1v) is 6.86. The van der Waals surface area contributed by atoms with Crippen molar-refractivity contribution in [2.24, 2.45) is 0 Å². The number of H-pyrrole nitrogens is 1. The molecule has 2 N–H and O–H groups in total. The van der Waals surface area contributed by atoms with Gasteiger partial charge in [0, 0.05) is 22.7 Å². The van der Waals surface area contributed by atoms with E-state index in [4.69, 9.17) is 10.00 Å². The second-order valence-corrected chi connectivity index (χ2v) is 5.73. The van der Waals surface area contributed by atoms with Crippen LogP contribution in [0.15, 0.2) is 24.4 Å². The van der Waals surface area contributed by atoms with E-state index in [-0.39, 0.29) is 6.54 Å². The predicted molar refractivity (Wildman–Crippen MR) is 84.1 cm³/mol. The van der Waals surface area contributed by atoms with Crippen molar-refractivity contribution in [1.29, 1.82) is 5.26 Å². The number of carbonyl (C=O) groups excluding carboxylic acids is 1. The standard InChI is InChI=1S/C17H17N3O2/c1-17(2,3)22-16(21)19-8-4-5-13-11-20-15-9-12(10-18)6-7-14(13)15/h6-7,9,11,20H,8H2,1-3H3,(H,19,21). The number of hydrogen-bond acceptors (Lipinski definition) is 3. The number of carbonyl (C=O) groups is 1. The highest BCUT2D eigenvalue weighted by atomic mass is 16.6. The molecular formula is C17H17N3O2. The average molecular weight is 295 g/mol. The highest BCUT2D eigenvalue weighted by Gasteiger charge is 2.15. The molecule has 1 aromatic heterocycles. The third-order valence-electron chi connectivity index (χ3n) is 2.75. The molecule has 0 radical (unpaired) electrons. The smallest absolute Gasteiger partial charge is 0.408 e. The second-order valence-electron chi connectivity index (χ2n) is 5.73. The molecule has 112 valence electrons. The number of alkyl carbamates (subject to hydrolysis) is 1. The number of ether oxygens (including phenoxy) is 1. The van der Waals surface area contributed by atoms with Crippen molar-refractivity contribution < 1.29 is 9.53 Å². The van der Waals surface area contributed by atoms with Gasteiger partial charge in [-0.2, -0.15) is 5.26 Å². The van der Waals surface area contributed by atoms with Gasteiger partial charge in [0.25, 0.3) is 0 Å². The van der Waals surface area contributed by atoms with E-state index in [0.29, 0.717) is 5.56 Å². The van der Waals surface area contributed by atoms with Gasteiger partial charge < -0.3 is 15.0 Å². The molecule has 22 heavy (non-hydrogen) atoms. The fourth-order valence-corrected chi connectivity index (χ4v) is 1.87. The Hall–Kier alpha value is -2.92. The van der Waals surface area contributed by atoms with Crippen LogP contribution in [0.2, 0.25) is 0 Å². The summed E-state index contributed by atoms with van der Waals surface area (Å²) in [6.07, 6.45) is 1.30. The zero-order valence-corrected chi connectivity index (χ0v) is 12.8. The highest BCUT2D eigenvalue weighted by molar-refractivity contribution is 5.87. The summed E-state index contributed by atoms with van der Waals surface area (Å²) in [5.74, 6) is 5.87. The summed E-state index contributed by atoms with van der Waals surface area (Å²) in [7, 11) is 0. The number of nitrogens with one attached hydrogen (secondary N) is 2. The minimum Gasteiger partial charge on any atom is -0.444 e. The molecule has 0 spiro atoms. The van der Waals surface area contributed by atoms with Crippen molar-refractivity contribution in [1.82, 2.24) is 10.3 Å². The van der Waals surface area contributed by atoms with Gasteiger partial charge >= 0.3 is 6.09 Å². The Morgan fingerprint density at radius 3 is 2.86 bits per heavy atom. The lowest BCUT2D eigenvalue weighted by atomic mass is 10.1. The van der Waals surface area contributed by atoms with Crippen LogP contribution in [0.3, 0.4) is 0 Å². The van der Waals surface area contributed by atoms with Gasteiger partial charge in [0.2, 0.25) is 0 Å². The number of benzene rings is 1. The van der Waals surface area contributed by atoms with Gasteiger partial charge in [0.15, 0.2) is 0 Å². The molecule has 1 amide bonds. The highest BCUT2D eigenvalue weighted by Crippen LogP contribution is 2.18. The molecule has 1 aromatic carbocycles. The lowest BCUT2D eigenvalue weighted by molar-refractivity contribution is 0.0535. The summed E-state index contributed by atoms with van der Waals surface area (Å²) in [6.45, 7) is 5.62. The van der Waals surface area contributed by atoms with Gasteiger partial charge in [-0.25, -0.2) is 4.79 Å². The van der Waals surface area contributed by atoms with Gasteiger partial charge in [0.05, 0.1) is 18.2 Å². The van der Waals surface area contributed by atoms with Crippen molar-refractivity contribution in [3.8, 4) is 17.9 Å². The van der Waals surface area contributed by atoms with Crippen LogP contribution in [0.4, 0.5) is 4.79 Å². The Bertz CT molecular complexity index is 795. The van der Waals surface area contributed by atoms with E-state index in [9.17, 15) is 4.79 Å². The molecular weight excluding hydrogens is 278 g/mol. The summed E-state index contributed by atoms with van der Waals surface area (Å²) >= 11 is 0. The van der Waals surface area contributed by atoms with Crippen molar-refractivity contribution in [2.45, 2.75) is 26.4 Å². The Morgan fingerprint density at radius 2 is 2.18 bits per heavy atom. The van der Waals surface area contributed by atoms with Crippen LogP contribution in [-0.4, -0.2) is 23.2 Å². The van der Waals surface area contributed by atoms with Gasteiger partial charge in [-0.15, -0.1) is 0 Å². The van der Waals surface area contributed by atoms with E-state index in [0.717, 1.165) is 16.5 Å². The molecule has 2 rings (SSSR count). The van der Waals surface area contributed by atoms with Crippen LogP contribution >= 0.6 is 0 Å². The van der Waals surface area contributed by atoms with Crippen molar-refractivity contribution in [3.05, 3.63) is 35.5 Å². The maximum atomic E-state index is 11.5. The number of fused-ring (bicyclic) bond motifs is 1. The molecule has 0 saturated carbocycles. The first-order chi connectivity index (χ1) is 10.4. The zero-order chi connectivity index (χ0) is 16.2. The van der Waals surface area contributed by atoms with E-state index >= 15 is 0 Å². The van der Waals surface area contributed by atoms with Gasteiger partial charge in [-0.3, -0.25) is 0 Å². The number of nitrogens with zero attached hydrogens (tertiary/aromatic N) is 1. The molecule has 0 aliphatic carbocycles. The lowest BCUT2D eigenvalue weighted by Gasteiger charge is -2.18. The number of amides is 1. The Balaban J connectivity index is 2.01. The van der Waals surface area contributed by atoms with Gasteiger partial charge in [0.1, 0.15) is 5.60 Å². The normalized spacial score (nSPS) is 10.5. The summed E-state index contributed by atoms with van der Waals surface area (Å²) in [5, 5.41) is 12.4. The molecule has 1 heterocycles. The average Bonchev–Trinajstić information content (AvgIpc) is 2.84. The van der Waals surface area contributed by atoms with Crippen LogP contribution < -0.4 is 5.32 Å². The summed E-state index contributed by atoms with van der Waals surface area (Å²) in [5.41, 5.74) is 1.77. The molecule has 0 bridgehead atoms. The van der Waals surface area contributed by atoms with Crippen LogP contribution in [-0.2, 0) is 4.74 Å². The minimum atomic E-state index is -0.521. The molecule has 0 aliphatic heterocycles. The van der Waals surface area contributed by atoms with E-state index < -0.39 is 11.7 Å².